The first-order valence-corrected chi connectivity index (χ1v) is 6.31. The number of hydrogen-bond acceptors (Lipinski definition) is 5. The van der Waals surface area contributed by atoms with Crippen molar-refractivity contribution in [3.05, 3.63) is 38.3 Å². The van der Waals surface area contributed by atoms with Crippen LogP contribution in [0.25, 0.3) is 0 Å². The zero-order valence-corrected chi connectivity index (χ0v) is 12.0. The summed E-state index contributed by atoms with van der Waals surface area (Å²) < 4.78 is -0.00144. The molecule has 21 heavy (non-hydrogen) atoms. The number of carbonyl (C=O) groups is 3. The van der Waals surface area contributed by atoms with Crippen molar-refractivity contribution in [2.45, 2.75) is 0 Å². The van der Waals surface area contributed by atoms with Crippen LogP contribution in [0, 0.1) is 10.1 Å². The van der Waals surface area contributed by atoms with Gasteiger partial charge >= 0.3 is 5.97 Å². The number of amides is 2. The average Bonchev–Trinajstić information content (AvgIpc) is 2.42. The first-order chi connectivity index (χ1) is 9.82. The number of benzene rings is 1. The third-order valence-corrected chi connectivity index (χ3v) is 3.10. The van der Waals surface area contributed by atoms with Gasteiger partial charge in [0.25, 0.3) is 11.6 Å². The lowest BCUT2D eigenvalue weighted by atomic mass is 10.2. The van der Waals surface area contributed by atoms with E-state index in [1.165, 1.54) is 18.2 Å². The molecule has 0 unspecified atom stereocenters. The fourth-order valence-corrected chi connectivity index (χ4v) is 1.92. The second kappa shape index (κ2) is 7.33. The molecule has 0 spiro atoms. The highest BCUT2D eigenvalue weighted by Gasteiger charge is 2.19. The topological polar surface area (TPSA) is 139 Å². The predicted molar refractivity (Wildman–Crippen MR) is 73.8 cm³/mol. The van der Waals surface area contributed by atoms with Crippen LogP contribution in [0.15, 0.2) is 22.7 Å². The molecule has 9 nitrogen and oxygen atoms in total. The molecular weight excluding hydrogens is 350 g/mol. The summed E-state index contributed by atoms with van der Waals surface area (Å²) in [6.07, 6.45) is 0. The Hall–Kier alpha value is -2.49. The summed E-state index contributed by atoms with van der Waals surface area (Å²) in [7, 11) is 0. The van der Waals surface area contributed by atoms with Gasteiger partial charge in [-0.05, 0) is 22.0 Å². The number of halogens is 1. The zero-order chi connectivity index (χ0) is 16.0. The number of carboxylic acids is 1. The number of carbonyl (C=O) groups excluding carboxylic acids is 2. The predicted octanol–water partition coefficient (Wildman–Crippen LogP) is 0.288. The van der Waals surface area contributed by atoms with E-state index in [4.69, 9.17) is 5.11 Å². The Kier molecular flexibility index (Phi) is 5.79. The van der Waals surface area contributed by atoms with Gasteiger partial charge in [0.1, 0.15) is 11.0 Å². The van der Waals surface area contributed by atoms with Crippen LogP contribution in [0.1, 0.15) is 10.4 Å². The van der Waals surface area contributed by atoms with E-state index in [0.717, 1.165) is 0 Å². The molecule has 0 aliphatic rings. The molecule has 0 aliphatic heterocycles. The average molecular weight is 360 g/mol. The van der Waals surface area contributed by atoms with E-state index in [0.29, 0.717) is 0 Å². The fourth-order valence-electron chi connectivity index (χ4n) is 1.33. The Labute approximate surface area is 126 Å². The molecule has 10 heteroatoms. The molecule has 0 radical (unpaired) electrons. The van der Waals surface area contributed by atoms with Crippen molar-refractivity contribution < 1.29 is 24.4 Å². The van der Waals surface area contributed by atoms with Gasteiger partial charge in [-0.3, -0.25) is 24.5 Å². The van der Waals surface area contributed by atoms with E-state index in [1.807, 2.05) is 0 Å². The molecular formula is C11H10BrN3O6. The highest BCUT2D eigenvalue weighted by molar-refractivity contribution is 9.10. The number of nitrogens with zero attached hydrogens (tertiary/aromatic N) is 1. The monoisotopic (exact) mass is 359 g/mol. The van der Waals surface area contributed by atoms with E-state index in [1.54, 1.807) is 0 Å². The number of nitrogens with one attached hydrogen (secondary N) is 2. The highest BCUT2D eigenvalue weighted by Crippen LogP contribution is 2.27. The number of hydrogen-bond donors (Lipinski definition) is 3. The number of nitro benzene ring substituents is 1. The van der Waals surface area contributed by atoms with Gasteiger partial charge in [-0.2, -0.15) is 0 Å². The Morgan fingerprint density at radius 1 is 1.24 bits per heavy atom. The summed E-state index contributed by atoms with van der Waals surface area (Å²) in [5, 5.41) is 23.4. The van der Waals surface area contributed by atoms with Crippen molar-refractivity contribution in [3.63, 3.8) is 0 Å². The van der Waals surface area contributed by atoms with Crippen LogP contribution in [-0.2, 0) is 9.59 Å². The SMILES string of the molecule is O=C(O)CNC(=O)CNC(=O)c1cccc([N+](=O)[O-])c1Br. The Bertz CT molecular complexity index is 604. The lowest BCUT2D eigenvalue weighted by Gasteiger charge is -2.07. The van der Waals surface area contributed by atoms with Crippen molar-refractivity contribution in [2.75, 3.05) is 13.1 Å². The quantitative estimate of drug-likeness (QED) is 0.492. The summed E-state index contributed by atoms with van der Waals surface area (Å²) in [5.74, 6) is -2.60. The summed E-state index contributed by atoms with van der Waals surface area (Å²) in [6.45, 7) is -1.00. The first kappa shape index (κ1) is 16.6. The zero-order valence-electron chi connectivity index (χ0n) is 10.5. The molecule has 1 rings (SSSR count). The van der Waals surface area contributed by atoms with Crippen molar-refractivity contribution in [2.24, 2.45) is 0 Å². The third-order valence-electron chi connectivity index (χ3n) is 2.27. The third kappa shape index (κ3) is 4.84. The van der Waals surface area contributed by atoms with Crippen LogP contribution >= 0.6 is 15.9 Å². The minimum atomic E-state index is -1.21. The molecule has 1 aromatic carbocycles. The molecule has 0 saturated carbocycles. The van der Waals surface area contributed by atoms with Crippen molar-refractivity contribution in [1.82, 2.24) is 10.6 Å². The van der Waals surface area contributed by atoms with E-state index in [9.17, 15) is 24.5 Å². The van der Waals surface area contributed by atoms with Crippen LogP contribution in [0.2, 0.25) is 0 Å². The maximum atomic E-state index is 11.8. The molecule has 0 heterocycles. The maximum Gasteiger partial charge on any atom is 0.322 e. The Balaban J connectivity index is 2.68. The fraction of sp³-hybridized carbons (Fsp3) is 0.182. The summed E-state index contributed by atoms with van der Waals surface area (Å²) in [5.41, 5.74) is -0.284. The molecule has 0 atom stereocenters. The molecule has 112 valence electrons. The van der Waals surface area contributed by atoms with Crippen LogP contribution in [-0.4, -0.2) is 40.9 Å². The molecule has 0 fully saturated rings. The van der Waals surface area contributed by atoms with Crippen molar-refractivity contribution in [1.29, 1.82) is 0 Å². The van der Waals surface area contributed by atoms with Gasteiger partial charge in [0, 0.05) is 6.07 Å². The lowest BCUT2D eigenvalue weighted by molar-refractivity contribution is -0.385. The van der Waals surface area contributed by atoms with Gasteiger partial charge in [0.15, 0.2) is 0 Å². The van der Waals surface area contributed by atoms with E-state index in [-0.39, 0.29) is 15.7 Å². The van der Waals surface area contributed by atoms with E-state index in [2.05, 4.69) is 26.6 Å². The number of carboxylic acid groups (broad SMARTS) is 1. The van der Waals surface area contributed by atoms with Gasteiger partial charge in [-0.1, -0.05) is 6.07 Å². The summed E-state index contributed by atoms with van der Waals surface area (Å²) >= 11 is 2.96. The smallest absolute Gasteiger partial charge is 0.322 e. The van der Waals surface area contributed by atoms with E-state index >= 15 is 0 Å². The second-order valence-electron chi connectivity index (χ2n) is 3.75. The van der Waals surface area contributed by atoms with Crippen LogP contribution in [0.4, 0.5) is 5.69 Å². The molecule has 1 aromatic rings. The Morgan fingerprint density at radius 2 is 1.90 bits per heavy atom. The van der Waals surface area contributed by atoms with Crippen LogP contribution < -0.4 is 10.6 Å². The van der Waals surface area contributed by atoms with Gasteiger partial charge < -0.3 is 15.7 Å². The minimum absolute atomic E-state index is 0.00144. The standard InChI is InChI=1S/C11H10BrN3O6/c12-10-6(2-1-3-7(10)15(20)21)11(19)14-4-8(16)13-5-9(17)18/h1-3H,4-5H2,(H,13,16)(H,14,19)(H,17,18). The van der Waals surface area contributed by atoms with Gasteiger partial charge in [0.05, 0.1) is 17.0 Å². The summed E-state index contributed by atoms with van der Waals surface area (Å²) in [6, 6.07) is 3.91. The molecule has 0 saturated heterocycles. The second-order valence-corrected chi connectivity index (χ2v) is 4.54. The Morgan fingerprint density at radius 3 is 2.48 bits per heavy atom. The number of rotatable bonds is 6. The largest absolute Gasteiger partial charge is 0.480 e. The highest BCUT2D eigenvalue weighted by atomic mass is 79.9. The number of aliphatic carboxylic acids is 1. The molecule has 2 amide bonds. The van der Waals surface area contributed by atoms with Crippen LogP contribution in [0.5, 0.6) is 0 Å². The minimum Gasteiger partial charge on any atom is -0.480 e. The molecule has 0 bridgehead atoms. The first-order valence-electron chi connectivity index (χ1n) is 5.52. The van der Waals surface area contributed by atoms with Crippen molar-refractivity contribution in [3.8, 4) is 0 Å². The summed E-state index contributed by atoms with van der Waals surface area (Å²) in [4.78, 5) is 43.4. The normalized spacial score (nSPS) is 9.76. The van der Waals surface area contributed by atoms with Crippen molar-refractivity contribution >= 4 is 39.4 Å². The number of nitro groups is 1. The molecule has 0 aliphatic carbocycles. The van der Waals surface area contributed by atoms with Gasteiger partial charge in [-0.25, -0.2) is 0 Å². The van der Waals surface area contributed by atoms with Gasteiger partial charge in [-0.15, -0.1) is 0 Å². The maximum absolute atomic E-state index is 11.8. The van der Waals surface area contributed by atoms with E-state index < -0.39 is 35.8 Å². The van der Waals surface area contributed by atoms with Gasteiger partial charge in [0.2, 0.25) is 5.91 Å². The molecule has 3 N–H and O–H groups in total. The van der Waals surface area contributed by atoms with Crippen LogP contribution in [0.3, 0.4) is 0 Å². The lowest BCUT2D eigenvalue weighted by Crippen LogP contribution is -2.39. The molecule has 0 aromatic heterocycles.